The number of carboxylic acid groups (broad SMARTS) is 1. The molecule has 1 saturated heterocycles. The minimum atomic E-state index is -0.576. The van der Waals surface area contributed by atoms with E-state index in [2.05, 4.69) is 4.85 Å². The van der Waals surface area contributed by atoms with Crippen molar-refractivity contribution in [1.29, 1.82) is 0 Å². The third-order valence-electron chi connectivity index (χ3n) is 12.7. The molecule has 8 bridgehead atoms. The number of hydrogen-bond donors (Lipinski definition) is 2. The molecule has 10 fully saturated rings. The van der Waals surface area contributed by atoms with Crippen LogP contribution in [0.2, 0.25) is 0 Å². The van der Waals surface area contributed by atoms with Crippen LogP contribution in [-0.2, 0) is 9.59 Å². The highest BCUT2D eigenvalue weighted by molar-refractivity contribution is 5.83. The maximum atomic E-state index is 13.0. The Labute approximate surface area is 221 Å². The molecule has 10 rings (SSSR count). The Morgan fingerprint density at radius 2 is 1.22 bits per heavy atom. The molecular formula is C31H45N3O3. The van der Waals surface area contributed by atoms with Gasteiger partial charge in [0.25, 0.3) is 0 Å². The summed E-state index contributed by atoms with van der Waals surface area (Å²) in [6, 6.07) is -0.00640. The molecular weight excluding hydrogens is 462 g/mol. The topological polar surface area (TPSA) is 88.0 Å². The largest absolute Gasteiger partial charge is 0.481 e. The monoisotopic (exact) mass is 507 g/mol. The molecule has 10 aliphatic rings. The molecule has 0 aromatic rings. The lowest BCUT2D eigenvalue weighted by Crippen LogP contribution is -2.58. The summed E-state index contributed by atoms with van der Waals surface area (Å²) in [4.78, 5) is 29.7. The number of fused-ring (bicyclic) bond motifs is 1. The van der Waals surface area contributed by atoms with Crippen molar-refractivity contribution < 1.29 is 14.7 Å². The maximum Gasteiger partial charge on any atom is 0.306 e. The highest BCUT2D eigenvalue weighted by atomic mass is 16.4. The van der Waals surface area contributed by atoms with Crippen molar-refractivity contribution in [3.05, 3.63) is 11.4 Å². The highest BCUT2D eigenvalue weighted by Crippen LogP contribution is 2.59. The molecule has 5 atom stereocenters. The van der Waals surface area contributed by atoms with Crippen molar-refractivity contribution in [1.82, 2.24) is 4.90 Å². The average Bonchev–Trinajstić information content (AvgIpc) is 3.52. The van der Waals surface area contributed by atoms with Gasteiger partial charge in [0.05, 0.1) is 12.0 Å². The van der Waals surface area contributed by atoms with Crippen LogP contribution in [-0.4, -0.2) is 40.1 Å². The molecule has 1 heterocycles. The third-order valence-corrected chi connectivity index (χ3v) is 12.7. The van der Waals surface area contributed by atoms with Crippen molar-refractivity contribution in [3.8, 4) is 0 Å². The number of likely N-dealkylation sites (tertiary alicyclic amines) is 1. The molecule has 202 valence electrons. The lowest BCUT2D eigenvalue weighted by atomic mass is 9.50. The summed E-state index contributed by atoms with van der Waals surface area (Å²) < 4.78 is 0. The van der Waals surface area contributed by atoms with Gasteiger partial charge in [0.2, 0.25) is 5.91 Å². The number of carbonyl (C=O) groups excluding carboxylic acids is 1. The molecule has 6 heteroatoms. The SMILES string of the molecule is CC(C(=O)O)C1C2CC3CC(C2)CC1C3.[C-]#[N+]C1CC2CC2N1C(=O)C(N)C1C2CC3CC(C2)CC1C3. The number of hydrogen-bond acceptors (Lipinski definition) is 3. The van der Waals surface area contributed by atoms with Gasteiger partial charge in [-0.2, -0.15) is 0 Å². The normalized spacial score (nSPS) is 51.1. The van der Waals surface area contributed by atoms with E-state index in [1.165, 1.54) is 64.2 Å². The lowest BCUT2D eigenvalue weighted by Gasteiger charge is -2.55. The Balaban J connectivity index is 0.000000135. The molecule has 6 nitrogen and oxygen atoms in total. The number of carbonyl (C=O) groups is 2. The molecule has 0 spiro atoms. The Bertz CT molecular complexity index is 933. The first-order chi connectivity index (χ1) is 17.8. The zero-order valence-electron chi connectivity index (χ0n) is 22.4. The zero-order chi connectivity index (χ0) is 25.6. The number of nitrogens with zero attached hydrogens (tertiary/aromatic N) is 2. The van der Waals surface area contributed by atoms with Crippen LogP contribution in [0.4, 0.5) is 0 Å². The fourth-order valence-corrected chi connectivity index (χ4v) is 11.7. The summed E-state index contributed by atoms with van der Waals surface area (Å²) in [5.41, 5.74) is 6.53. The van der Waals surface area contributed by atoms with E-state index in [9.17, 15) is 9.59 Å². The van der Waals surface area contributed by atoms with E-state index in [1.54, 1.807) is 0 Å². The van der Waals surface area contributed by atoms with Gasteiger partial charge in [0.15, 0.2) is 0 Å². The van der Waals surface area contributed by atoms with E-state index < -0.39 is 5.97 Å². The van der Waals surface area contributed by atoms with Gasteiger partial charge in [-0.05, 0) is 136 Å². The van der Waals surface area contributed by atoms with Gasteiger partial charge < -0.3 is 10.8 Å². The zero-order valence-corrected chi connectivity index (χ0v) is 22.4. The number of rotatable bonds is 4. The summed E-state index contributed by atoms with van der Waals surface area (Å²) in [7, 11) is 0. The number of carboxylic acids is 1. The summed E-state index contributed by atoms with van der Waals surface area (Å²) in [5, 5.41) is 9.17. The molecule has 9 saturated carbocycles. The smallest absolute Gasteiger partial charge is 0.306 e. The summed E-state index contributed by atoms with van der Waals surface area (Å²) in [5.74, 6) is 7.46. The lowest BCUT2D eigenvalue weighted by molar-refractivity contribution is -0.150. The third kappa shape index (κ3) is 4.05. The summed E-state index contributed by atoms with van der Waals surface area (Å²) in [6.07, 6.45) is 15.2. The van der Waals surface area contributed by atoms with Crippen molar-refractivity contribution in [2.75, 3.05) is 0 Å². The Hall–Kier alpha value is -1.61. The van der Waals surface area contributed by atoms with E-state index in [0.29, 0.717) is 35.6 Å². The van der Waals surface area contributed by atoms with Crippen molar-refractivity contribution in [2.24, 2.45) is 76.7 Å². The Morgan fingerprint density at radius 3 is 1.65 bits per heavy atom. The van der Waals surface area contributed by atoms with Gasteiger partial charge in [-0.3, -0.25) is 19.3 Å². The van der Waals surface area contributed by atoms with E-state index in [4.69, 9.17) is 17.4 Å². The minimum Gasteiger partial charge on any atom is -0.481 e. The van der Waals surface area contributed by atoms with Gasteiger partial charge in [0.1, 0.15) is 0 Å². The van der Waals surface area contributed by atoms with Crippen molar-refractivity contribution >= 4 is 11.9 Å². The predicted octanol–water partition coefficient (Wildman–Crippen LogP) is 5.03. The number of aliphatic carboxylic acids is 1. The first-order valence-electron chi connectivity index (χ1n) is 15.5. The molecule has 3 N–H and O–H groups in total. The van der Waals surface area contributed by atoms with Crippen LogP contribution in [0.15, 0.2) is 0 Å². The quantitative estimate of drug-likeness (QED) is 0.523. The van der Waals surface area contributed by atoms with E-state index >= 15 is 0 Å². The highest BCUT2D eigenvalue weighted by Gasteiger charge is 2.60. The fourth-order valence-electron chi connectivity index (χ4n) is 11.7. The van der Waals surface area contributed by atoms with Gasteiger partial charge in [0, 0.05) is 12.5 Å². The number of amides is 1. The average molecular weight is 508 g/mol. The molecule has 1 amide bonds. The standard InChI is InChI=1S/C18H25N3O.C13H20O2/c1-20-15-8-11-7-14(11)21(15)18(22)17(19)16-12-3-9-2-10(5-12)6-13(16)4-9;1-7(13(14)15)12-10-3-8-2-9(5-10)6-11(12)4-8/h9-17H,2-8,19H2;7-12H,2-6H2,1H3,(H,14,15). The van der Waals surface area contributed by atoms with E-state index in [1.807, 2.05) is 11.8 Å². The first-order valence-corrected chi connectivity index (χ1v) is 15.5. The van der Waals surface area contributed by atoms with Gasteiger partial charge >= 0.3 is 12.1 Å². The Morgan fingerprint density at radius 1 is 0.757 bits per heavy atom. The van der Waals surface area contributed by atoms with Crippen molar-refractivity contribution in [2.45, 2.75) is 102 Å². The van der Waals surface area contributed by atoms with Crippen molar-refractivity contribution in [3.63, 3.8) is 0 Å². The van der Waals surface area contributed by atoms with Crippen LogP contribution in [0.5, 0.6) is 0 Å². The summed E-state index contributed by atoms with van der Waals surface area (Å²) in [6.45, 7) is 9.29. The molecule has 5 unspecified atom stereocenters. The Kier molecular flexibility index (Phi) is 5.92. The van der Waals surface area contributed by atoms with Gasteiger partial charge in [-0.25, -0.2) is 6.57 Å². The molecule has 0 radical (unpaired) electrons. The fraction of sp³-hybridized carbons (Fsp3) is 0.903. The van der Waals surface area contributed by atoms with Gasteiger partial charge in [-0.15, -0.1) is 0 Å². The van der Waals surface area contributed by atoms with Crippen LogP contribution >= 0.6 is 0 Å². The molecule has 9 aliphatic carbocycles. The van der Waals surface area contributed by atoms with Crippen LogP contribution in [0.3, 0.4) is 0 Å². The molecule has 0 aromatic heterocycles. The molecule has 1 aliphatic heterocycles. The number of piperidine rings is 1. The number of nitrogens with two attached hydrogens (primary N) is 1. The second-order valence-corrected chi connectivity index (χ2v) is 14.8. The predicted molar refractivity (Wildman–Crippen MR) is 140 cm³/mol. The van der Waals surface area contributed by atoms with Gasteiger partial charge in [-0.1, -0.05) is 6.92 Å². The summed E-state index contributed by atoms with van der Waals surface area (Å²) >= 11 is 0. The van der Waals surface area contributed by atoms with Crippen LogP contribution < -0.4 is 5.73 Å². The van der Waals surface area contributed by atoms with E-state index in [-0.39, 0.29) is 24.0 Å². The van der Waals surface area contributed by atoms with Crippen LogP contribution in [0, 0.1) is 77.6 Å². The van der Waals surface area contributed by atoms with Crippen LogP contribution in [0.1, 0.15) is 84.0 Å². The maximum absolute atomic E-state index is 13.0. The second kappa shape index (κ2) is 8.97. The first kappa shape index (κ1) is 24.4. The molecule has 0 aromatic carbocycles. The molecule has 37 heavy (non-hydrogen) atoms. The van der Waals surface area contributed by atoms with Crippen LogP contribution in [0.25, 0.3) is 4.85 Å². The second-order valence-electron chi connectivity index (χ2n) is 14.8. The minimum absolute atomic E-state index is 0.100. The van der Waals surface area contributed by atoms with E-state index in [0.717, 1.165) is 48.3 Å².